The van der Waals surface area contributed by atoms with Crippen molar-refractivity contribution in [1.29, 1.82) is 0 Å². The van der Waals surface area contributed by atoms with Gasteiger partial charge in [-0.2, -0.15) is 5.21 Å². The summed E-state index contributed by atoms with van der Waals surface area (Å²) in [4.78, 5) is 51.1. The molecule has 0 radical (unpaired) electrons. The predicted octanol–water partition coefficient (Wildman–Crippen LogP) is 5.60. The second-order valence-electron chi connectivity index (χ2n) is 13.7. The number of nitrogens with zero attached hydrogens (tertiary/aromatic N) is 3. The number of nitrogens with one attached hydrogen (secondary N) is 4. The highest BCUT2D eigenvalue weighted by Crippen LogP contribution is 2.30. The molecule has 3 aromatic carbocycles. The molecule has 0 aliphatic heterocycles. The van der Waals surface area contributed by atoms with Gasteiger partial charge in [-0.15, -0.1) is 10.2 Å². The maximum absolute atomic E-state index is 14.6. The van der Waals surface area contributed by atoms with Gasteiger partial charge in [-0.1, -0.05) is 24.3 Å². The number of esters is 1. The van der Waals surface area contributed by atoms with Gasteiger partial charge in [-0.25, -0.2) is 18.4 Å². The summed E-state index contributed by atoms with van der Waals surface area (Å²) in [6.07, 6.45) is 2.28. The normalized spacial score (nSPS) is 16.3. The Bertz CT molecular complexity index is 1850. The number of aromatic amines is 1. The van der Waals surface area contributed by atoms with Crippen molar-refractivity contribution in [3.8, 4) is 22.5 Å². The molecule has 1 atom stereocenters. The fourth-order valence-electron chi connectivity index (χ4n) is 5.99. The molecule has 274 valence electrons. The molecule has 0 spiro atoms. The topological polar surface area (TPSA) is 177 Å². The van der Waals surface area contributed by atoms with Crippen molar-refractivity contribution in [1.82, 2.24) is 31.3 Å². The minimum atomic E-state index is -1.12. The van der Waals surface area contributed by atoms with E-state index in [-0.39, 0.29) is 29.7 Å². The average molecular weight is 718 g/mol. The quantitative estimate of drug-likeness (QED) is 0.144. The lowest BCUT2D eigenvalue weighted by Crippen LogP contribution is -2.48. The third-order valence-electron chi connectivity index (χ3n) is 8.70. The summed E-state index contributed by atoms with van der Waals surface area (Å²) in [5, 5.41) is 22.5. The Morgan fingerprint density at radius 2 is 1.54 bits per heavy atom. The van der Waals surface area contributed by atoms with E-state index in [0.29, 0.717) is 47.6 Å². The number of methoxy groups -OCH3 is 1. The van der Waals surface area contributed by atoms with Gasteiger partial charge in [0, 0.05) is 30.1 Å². The molecule has 1 aliphatic carbocycles. The summed E-state index contributed by atoms with van der Waals surface area (Å²) in [5.74, 6) is -3.64. The first-order valence-corrected chi connectivity index (χ1v) is 16.9. The molecule has 4 aromatic rings. The molecule has 1 heterocycles. The molecule has 1 saturated carbocycles. The van der Waals surface area contributed by atoms with E-state index in [1.807, 2.05) is 0 Å². The van der Waals surface area contributed by atoms with Crippen molar-refractivity contribution in [2.75, 3.05) is 19.0 Å². The van der Waals surface area contributed by atoms with Gasteiger partial charge < -0.3 is 25.4 Å². The largest absolute Gasteiger partial charge is 0.465 e. The SMILES string of the molecule is COC(=O)c1c(F)cc(-c2ccc(C[C@H](NC(=O)[C@H]3CC[C@H](CNC(=O)OC(C)(C)C)CC3)C(=O)Nc3ccc(-c4nn[nH]n4)cc3)cc2)cc1F. The van der Waals surface area contributed by atoms with E-state index in [2.05, 4.69) is 41.3 Å². The molecule has 1 fully saturated rings. The highest BCUT2D eigenvalue weighted by atomic mass is 19.1. The van der Waals surface area contributed by atoms with E-state index in [1.54, 1.807) is 69.3 Å². The molecule has 1 aliphatic rings. The van der Waals surface area contributed by atoms with Crippen molar-refractivity contribution < 1.29 is 37.4 Å². The molecular formula is C37H41F2N7O6. The van der Waals surface area contributed by atoms with Gasteiger partial charge in [0.2, 0.25) is 17.6 Å². The first-order chi connectivity index (χ1) is 24.8. The molecule has 0 unspecified atom stereocenters. The van der Waals surface area contributed by atoms with Crippen LogP contribution in [0.15, 0.2) is 60.7 Å². The number of hydrogen-bond acceptors (Lipinski definition) is 9. The van der Waals surface area contributed by atoms with E-state index >= 15 is 0 Å². The average Bonchev–Trinajstić information content (AvgIpc) is 3.65. The summed E-state index contributed by atoms with van der Waals surface area (Å²) in [6.45, 7) is 5.84. The molecule has 5 rings (SSSR count). The zero-order chi connectivity index (χ0) is 37.4. The first-order valence-electron chi connectivity index (χ1n) is 16.9. The number of halogens is 2. The number of carbonyl (C=O) groups excluding carboxylic acids is 4. The van der Waals surface area contributed by atoms with Gasteiger partial charge >= 0.3 is 12.1 Å². The van der Waals surface area contributed by atoms with Gasteiger partial charge in [-0.05, 0) is 111 Å². The summed E-state index contributed by atoms with van der Waals surface area (Å²) >= 11 is 0. The smallest absolute Gasteiger partial charge is 0.407 e. The van der Waals surface area contributed by atoms with Gasteiger partial charge in [0.25, 0.3) is 0 Å². The summed E-state index contributed by atoms with van der Waals surface area (Å²) in [7, 11) is 1.04. The van der Waals surface area contributed by atoms with Crippen molar-refractivity contribution in [2.24, 2.45) is 11.8 Å². The second kappa shape index (κ2) is 16.5. The fourth-order valence-corrected chi connectivity index (χ4v) is 5.99. The second-order valence-corrected chi connectivity index (χ2v) is 13.7. The van der Waals surface area contributed by atoms with Gasteiger partial charge in [0.1, 0.15) is 28.8 Å². The predicted molar refractivity (Wildman–Crippen MR) is 187 cm³/mol. The maximum Gasteiger partial charge on any atom is 0.407 e. The Hall–Kier alpha value is -5.73. The number of H-pyrrole nitrogens is 1. The maximum atomic E-state index is 14.6. The number of alkyl carbamates (subject to hydrolysis) is 1. The Morgan fingerprint density at radius 3 is 2.12 bits per heavy atom. The third-order valence-corrected chi connectivity index (χ3v) is 8.70. The van der Waals surface area contributed by atoms with Crippen LogP contribution in [0, 0.1) is 23.5 Å². The third kappa shape index (κ3) is 9.95. The zero-order valence-electron chi connectivity index (χ0n) is 29.3. The summed E-state index contributed by atoms with van der Waals surface area (Å²) in [5.41, 5.74) is 1.17. The summed E-state index contributed by atoms with van der Waals surface area (Å²) < 4.78 is 39.0. The molecular weight excluding hydrogens is 676 g/mol. The van der Waals surface area contributed by atoms with E-state index in [9.17, 15) is 28.0 Å². The molecule has 0 bridgehead atoms. The van der Waals surface area contributed by atoms with Crippen molar-refractivity contribution in [3.05, 3.63) is 83.4 Å². The van der Waals surface area contributed by atoms with Gasteiger partial charge in [-0.3, -0.25) is 9.59 Å². The highest BCUT2D eigenvalue weighted by molar-refractivity contribution is 5.98. The van der Waals surface area contributed by atoms with Crippen LogP contribution in [0.3, 0.4) is 0 Å². The van der Waals surface area contributed by atoms with Crippen molar-refractivity contribution in [2.45, 2.75) is 64.5 Å². The van der Waals surface area contributed by atoms with Crippen LogP contribution in [0.2, 0.25) is 0 Å². The number of anilines is 1. The van der Waals surface area contributed by atoms with Crippen LogP contribution in [-0.2, 0) is 25.5 Å². The highest BCUT2D eigenvalue weighted by Gasteiger charge is 2.30. The fraction of sp³-hybridized carbons (Fsp3) is 0.378. The number of ether oxygens (including phenoxy) is 2. The molecule has 15 heteroatoms. The van der Waals surface area contributed by atoms with E-state index in [0.717, 1.165) is 32.1 Å². The van der Waals surface area contributed by atoms with E-state index in [1.165, 1.54) is 0 Å². The van der Waals surface area contributed by atoms with Gasteiger partial charge in [0.05, 0.1) is 7.11 Å². The van der Waals surface area contributed by atoms with Crippen LogP contribution in [0.4, 0.5) is 19.3 Å². The lowest BCUT2D eigenvalue weighted by atomic mass is 9.81. The first kappa shape index (κ1) is 37.5. The molecule has 0 saturated heterocycles. The Balaban J connectivity index is 1.26. The van der Waals surface area contributed by atoms with Crippen LogP contribution >= 0.6 is 0 Å². The minimum absolute atomic E-state index is 0.123. The van der Waals surface area contributed by atoms with Crippen molar-refractivity contribution in [3.63, 3.8) is 0 Å². The number of amides is 3. The molecule has 3 amide bonds. The van der Waals surface area contributed by atoms with Gasteiger partial charge in [0.15, 0.2) is 0 Å². The summed E-state index contributed by atoms with van der Waals surface area (Å²) in [6, 6.07) is 14.7. The standard InChI is InChI=1S/C37H41F2N7O6/c1-37(2,3)52-36(50)40-20-22-7-11-25(12-8-22)33(47)42-30(34(48)41-27-15-13-24(14-16-27)32-43-45-46-44-32)17-21-5-9-23(10-6-21)26-18-28(38)31(29(39)19-26)35(49)51-4/h5-6,9-10,13-16,18-19,22,25,30H,7-8,11-12,17,20H2,1-4H3,(H,40,50)(H,41,48)(H,42,47)(H,43,44,45,46)/t22-,25-,30-/m0/s1. The van der Waals surface area contributed by atoms with E-state index < -0.39 is 46.8 Å². The van der Waals surface area contributed by atoms with Crippen LogP contribution in [0.5, 0.6) is 0 Å². The number of hydrogen-bond donors (Lipinski definition) is 4. The van der Waals surface area contributed by atoms with Crippen LogP contribution in [0.25, 0.3) is 22.5 Å². The minimum Gasteiger partial charge on any atom is -0.465 e. The van der Waals surface area contributed by atoms with Crippen LogP contribution < -0.4 is 16.0 Å². The zero-order valence-corrected chi connectivity index (χ0v) is 29.3. The number of rotatable bonds is 11. The monoisotopic (exact) mass is 717 g/mol. The Kier molecular flexibility index (Phi) is 11.9. The molecule has 4 N–H and O–H groups in total. The lowest BCUT2D eigenvalue weighted by Gasteiger charge is -2.29. The number of carbonyl (C=O) groups is 4. The molecule has 13 nitrogen and oxygen atoms in total. The van der Waals surface area contributed by atoms with Crippen LogP contribution in [0.1, 0.15) is 62.4 Å². The molecule has 52 heavy (non-hydrogen) atoms. The van der Waals surface area contributed by atoms with E-state index in [4.69, 9.17) is 4.74 Å². The lowest BCUT2D eigenvalue weighted by molar-refractivity contribution is -0.130. The van der Waals surface area contributed by atoms with Crippen LogP contribution in [-0.4, -0.2) is 69.8 Å². The Labute approximate surface area is 299 Å². The number of benzene rings is 3. The number of aromatic nitrogens is 4. The van der Waals surface area contributed by atoms with Crippen molar-refractivity contribution >= 4 is 29.6 Å². The Morgan fingerprint density at radius 1 is 0.904 bits per heavy atom. The molecule has 1 aromatic heterocycles. The number of tetrazole rings is 1.